The molecular formula is C11H15BrClNS. The summed E-state index contributed by atoms with van der Waals surface area (Å²) in [5.74, 6) is 0. The molecule has 1 aliphatic heterocycles. The highest BCUT2D eigenvalue weighted by atomic mass is 79.9. The number of likely N-dealkylation sites (tertiary alicyclic amines) is 1. The van der Waals surface area contributed by atoms with Crippen LogP contribution in [0.2, 0.25) is 4.34 Å². The standard InChI is InChI=1S/C11H15BrClNS/c1-8-10(12)3-2-6-14(8)7-9-4-5-11(13)15-9/h4-5,8,10H,2-3,6-7H2,1H3. The fourth-order valence-corrected chi connectivity index (χ4v) is 3.79. The smallest absolute Gasteiger partial charge is 0.0931 e. The summed E-state index contributed by atoms with van der Waals surface area (Å²) in [4.78, 5) is 4.54. The number of thiophene rings is 1. The molecule has 2 heterocycles. The van der Waals surface area contributed by atoms with Gasteiger partial charge in [-0.2, -0.15) is 0 Å². The first-order valence-electron chi connectivity index (χ1n) is 5.29. The van der Waals surface area contributed by atoms with E-state index in [1.165, 1.54) is 24.3 Å². The van der Waals surface area contributed by atoms with Crippen LogP contribution in [-0.4, -0.2) is 22.3 Å². The maximum absolute atomic E-state index is 5.93. The van der Waals surface area contributed by atoms with Crippen molar-refractivity contribution in [2.45, 2.75) is 37.2 Å². The van der Waals surface area contributed by atoms with E-state index in [-0.39, 0.29) is 0 Å². The van der Waals surface area contributed by atoms with Gasteiger partial charge in [0.2, 0.25) is 0 Å². The van der Waals surface area contributed by atoms with Crippen molar-refractivity contribution in [3.8, 4) is 0 Å². The van der Waals surface area contributed by atoms with Gasteiger partial charge in [-0.05, 0) is 38.4 Å². The second-order valence-corrected chi connectivity index (χ2v) is 7.05. The molecule has 2 atom stereocenters. The minimum Gasteiger partial charge on any atom is -0.294 e. The van der Waals surface area contributed by atoms with Gasteiger partial charge in [0.1, 0.15) is 0 Å². The van der Waals surface area contributed by atoms with E-state index in [0.29, 0.717) is 10.9 Å². The van der Waals surface area contributed by atoms with Gasteiger partial charge in [-0.15, -0.1) is 11.3 Å². The molecule has 1 aromatic heterocycles. The van der Waals surface area contributed by atoms with Crippen molar-refractivity contribution in [1.82, 2.24) is 4.90 Å². The Bertz CT molecular complexity index is 328. The molecule has 1 saturated heterocycles. The van der Waals surface area contributed by atoms with E-state index in [1.54, 1.807) is 11.3 Å². The zero-order valence-electron chi connectivity index (χ0n) is 8.75. The molecule has 1 aliphatic rings. The topological polar surface area (TPSA) is 3.24 Å². The van der Waals surface area contributed by atoms with Gasteiger partial charge in [0.25, 0.3) is 0 Å². The van der Waals surface area contributed by atoms with Crippen LogP contribution in [0.3, 0.4) is 0 Å². The number of nitrogens with zero attached hydrogens (tertiary/aromatic N) is 1. The Balaban J connectivity index is 1.99. The molecule has 0 radical (unpaired) electrons. The molecule has 0 spiro atoms. The Kier molecular flexibility index (Phi) is 4.10. The predicted molar refractivity (Wildman–Crippen MR) is 71.2 cm³/mol. The van der Waals surface area contributed by atoms with E-state index in [2.05, 4.69) is 33.8 Å². The number of alkyl halides is 1. The van der Waals surface area contributed by atoms with Crippen molar-refractivity contribution < 1.29 is 0 Å². The average molecular weight is 309 g/mol. The highest BCUT2D eigenvalue weighted by Crippen LogP contribution is 2.28. The van der Waals surface area contributed by atoms with Crippen molar-refractivity contribution in [3.05, 3.63) is 21.3 Å². The quantitative estimate of drug-likeness (QED) is 0.742. The Hall–Kier alpha value is 0.430. The molecule has 0 N–H and O–H groups in total. The van der Waals surface area contributed by atoms with Crippen LogP contribution in [0.4, 0.5) is 0 Å². The summed E-state index contributed by atoms with van der Waals surface area (Å²) in [7, 11) is 0. The summed E-state index contributed by atoms with van der Waals surface area (Å²) in [6.07, 6.45) is 2.59. The van der Waals surface area contributed by atoms with Gasteiger partial charge >= 0.3 is 0 Å². The molecule has 1 aromatic rings. The first kappa shape index (κ1) is 11.9. The molecule has 0 bridgehead atoms. The van der Waals surface area contributed by atoms with Gasteiger partial charge in [0.05, 0.1) is 4.34 Å². The van der Waals surface area contributed by atoms with Crippen LogP contribution in [0.25, 0.3) is 0 Å². The van der Waals surface area contributed by atoms with Crippen molar-refractivity contribution in [3.63, 3.8) is 0 Å². The monoisotopic (exact) mass is 307 g/mol. The fourth-order valence-electron chi connectivity index (χ4n) is 2.02. The Morgan fingerprint density at radius 2 is 2.40 bits per heavy atom. The van der Waals surface area contributed by atoms with Crippen LogP contribution in [0, 0.1) is 0 Å². The molecular weight excluding hydrogens is 294 g/mol. The van der Waals surface area contributed by atoms with E-state index in [1.807, 2.05) is 6.07 Å². The molecule has 0 aromatic carbocycles. The minimum absolute atomic E-state index is 0.625. The third-order valence-electron chi connectivity index (χ3n) is 3.01. The molecule has 0 aliphatic carbocycles. The highest BCUT2D eigenvalue weighted by molar-refractivity contribution is 9.09. The van der Waals surface area contributed by atoms with Crippen LogP contribution >= 0.6 is 38.9 Å². The third-order valence-corrected chi connectivity index (χ3v) is 5.45. The van der Waals surface area contributed by atoms with Crippen molar-refractivity contribution in [2.75, 3.05) is 6.54 Å². The van der Waals surface area contributed by atoms with E-state index >= 15 is 0 Å². The van der Waals surface area contributed by atoms with Gasteiger partial charge in [-0.1, -0.05) is 27.5 Å². The molecule has 2 rings (SSSR count). The van der Waals surface area contributed by atoms with Crippen molar-refractivity contribution in [1.29, 1.82) is 0 Å². The SMILES string of the molecule is CC1C(Br)CCCN1Cc1ccc(Cl)s1. The molecule has 84 valence electrons. The second kappa shape index (κ2) is 5.17. The summed E-state index contributed by atoms with van der Waals surface area (Å²) in [5.41, 5.74) is 0. The summed E-state index contributed by atoms with van der Waals surface area (Å²) in [5, 5.41) is 0. The zero-order chi connectivity index (χ0) is 10.8. The number of hydrogen-bond acceptors (Lipinski definition) is 2. The zero-order valence-corrected chi connectivity index (χ0v) is 11.9. The number of piperidine rings is 1. The highest BCUT2D eigenvalue weighted by Gasteiger charge is 2.25. The fraction of sp³-hybridized carbons (Fsp3) is 0.636. The summed E-state index contributed by atoms with van der Waals surface area (Å²) in [6, 6.07) is 4.75. The van der Waals surface area contributed by atoms with Crippen LogP contribution in [0.1, 0.15) is 24.6 Å². The minimum atomic E-state index is 0.625. The molecule has 0 saturated carbocycles. The lowest BCUT2D eigenvalue weighted by Gasteiger charge is -2.36. The van der Waals surface area contributed by atoms with Gasteiger partial charge in [-0.25, -0.2) is 0 Å². The Labute approximate surface area is 109 Å². The van der Waals surface area contributed by atoms with Gasteiger partial charge in [-0.3, -0.25) is 4.90 Å². The lowest BCUT2D eigenvalue weighted by molar-refractivity contribution is 0.162. The van der Waals surface area contributed by atoms with Gasteiger partial charge in [0.15, 0.2) is 0 Å². The normalized spacial score (nSPS) is 28.2. The maximum Gasteiger partial charge on any atom is 0.0931 e. The first-order chi connectivity index (χ1) is 7.16. The van der Waals surface area contributed by atoms with Gasteiger partial charge < -0.3 is 0 Å². The number of halogens is 2. The summed E-state index contributed by atoms with van der Waals surface area (Å²) >= 11 is 11.4. The summed E-state index contributed by atoms with van der Waals surface area (Å²) in [6.45, 7) is 4.55. The molecule has 1 fully saturated rings. The largest absolute Gasteiger partial charge is 0.294 e. The van der Waals surface area contributed by atoms with Crippen molar-refractivity contribution in [2.24, 2.45) is 0 Å². The van der Waals surface area contributed by atoms with Crippen LogP contribution in [-0.2, 0) is 6.54 Å². The lowest BCUT2D eigenvalue weighted by atomic mass is 10.0. The Morgan fingerprint density at radius 3 is 3.07 bits per heavy atom. The molecule has 1 nitrogen and oxygen atoms in total. The molecule has 0 amide bonds. The van der Waals surface area contributed by atoms with Crippen LogP contribution in [0.15, 0.2) is 12.1 Å². The molecule has 2 unspecified atom stereocenters. The summed E-state index contributed by atoms with van der Waals surface area (Å²) < 4.78 is 0.894. The molecule has 4 heteroatoms. The van der Waals surface area contributed by atoms with E-state index in [0.717, 1.165) is 10.9 Å². The van der Waals surface area contributed by atoms with Crippen LogP contribution in [0.5, 0.6) is 0 Å². The second-order valence-electron chi connectivity index (χ2n) is 4.08. The van der Waals surface area contributed by atoms with Crippen LogP contribution < -0.4 is 0 Å². The third kappa shape index (κ3) is 2.96. The van der Waals surface area contributed by atoms with E-state index in [9.17, 15) is 0 Å². The number of hydrogen-bond donors (Lipinski definition) is 0. The van der Waals surface area contributed by atoms with Gasteiger partial charge in [0, 0.05) is 22.3 Å². The average Bonchev–Trinajstić information content (AvgIpc) is 2.59. The van der Waals surface area contributed by atoms with E-state index < -0.39 is 0 Å². The lowest BCUT2D eigenvalue weighted by Crippen LogP contribution is -2.43. The number of rotatable bonds is 2. The van der Waals surface area contributed by atoms with E-state index in [4.69, 9.17) is 11.6 Å². The van der Waals surface area contributed by atoms with Crippen molar-refractivity contribution >= 4 is 38.9 Å². The predicted octanol–water partition coefficient (Wildman–Crippen LogP) is 4.15. The molecule has 15 heavy (non-hydrogen) atoms. The first-order valence-corrected chi connectivity index (χ1v) is 7.40. The Morgan fingerprint density at radius 1 is 1.60 bits per heavy atom. The maximum atomic E-state index is 5.93.